The summed E-state index contributed by atoms with van der Waals surface area (Å²) in [6.07, 6.45) is 0. The minimum Gasteiger partial charge on any atom is -0.310 e. The molecule has 0 spiro atoms. The molecule has 1 aromatic heterocycles. The Kier molecular flexibility index (Phi) is 7.41. The summed E-state index contributed by atoms with van der Waals surface area (Å²) >= 11 is 1.86. The summed E-state index contributed by atoms with van der Waals surface area (Å²) in [4.78, 5) is 2.39. The van der Waals surface area contributed by atoms with Gasteiger partial charge in [0.05, 0.1) is 0 Å². The lowest BCUT2D eigenvalue weighted by Gasteiger charge is -2.26. The molecule has 52 heavy (non-hydrogen) atoms. The fraction of sp³-hybridized carbons (Fsp3) is 0. The smallest absolute Gasteiger partial charge is 0.0468 e. The molecule has 0 aliphatic heterocycles. The standard InChI is InChI=1S/C50H33NS/c1-2-12-34(13-3-1)41-15-6-7-16-42(41)35-22-26-38(27-23-35)51(40-30-31-50-48(33-40)46-20-10-11-21-49(46)52-50)39-28-24-36(25-29-39)47-32-37-14-4-5-17-43(37)44-18-8-9-19-45(44)47/h1-33H. The Labute approximate surface area is 307 Å². The van der Waals surface area contributed by atoms with E-state index in [-0.39, 0.29) is 0 Å². The molecule has 0 aliphatic rings. The monoisotopic (exact) mass is 679 g/mol. The number of benzene rings is 9. The van der Waals surface area contributed by atoms with Gasteiger partial charge in [-0.1, -0.05) is 146 Å². The second-order valence-electron chi connectivity index (χ2n) is 13.3. The van der Waals surface area contributed by atoms with Crippen molar-refractivity contribution in [3.05, 3.63) is 200 Å². The van der Waals surface area contributed by atoms with Crippen LogP contribution >= 0.6 is 11.3 Å². The Bertz CT molecular complexity index is 2890. The van der Waals surface area contributed by atoms with Crippen molar-refractivity contribution in [1.29, 1.82) is 0 Å². The first-order valence-electron chi connectivity index (χ1n) is 17.8. The second kappa shape index (κ2) is 12.7. The van der Waals surface area contributed by atoms with Crippen molar-refractivity contribution < 1.29 is 0 Å². The molecule has 0 radical (unpaired) electrons. The van der Waals surface area contributed by atoms with E-state index in [1.807, 2.05) is 11.3 Å². The van der Waals surface area contributed by atoms with Crippen molar-refractivity contribution >= 4 is 70.1 Å². The van der Waals surface area contributed by atoms with Crippen LogP contribution in [-0.2, 0) is 0 Å². The third kappa shape index (κ3) is 5.24. The zero-order valence-electron chi connectivity index (χ0n) is 28.4. The summed E-state index contributed by atoms with van der Waals surface area (Å²) in [7, 11) is 0. The average molecular weight is 680 g/mol. The zero-order chi connectivity index (χ0) is 34.4. The minimum absolute atomic E-state index is 1.11. The molecule has 1 heterocycles. The molecule has 0 unspecified atom stereocenters. The van der Waals surface area contributed by atoms with E-state index in [9.17, 15) is 0 Å². The van der Waals surface area contributed by atoms with Gasteiger partial charge >= 0.3 is 0 Å². The van der Waals surface area contributed by atoms with Crippen molar-refractivity contribution in [2.45, 2.75) is 0 Å². The third-order valence-corrected chi connectivity index (χ3v) is 11.4. The first-order chi connectivity index (χ1) is 25.8. The fourth-order valence-electron chi connectivity index (χ4n) is 7.78. The summed E-state index contributed by atoms with van der Waals surface area (Å²) in [6.45, 7) is 0. The van der Waals surface area contributed by atoms with Gasteiger partial charge in [-0.05, 0) is 110 Å². The minimum atomic E-state index is 1.11. The molecule has 0 N–H and O–H groups in total. The molecule has 9 aromatic carbocycles. The lowest BCUT2D eigenvalue weighted by molar-refractivity contribution is 1.29. The Morgan fingerprint density at radius 2 is 0.788 bits per heavy atom. The highest BCUT2D eigenvalue weighted by Crippen LogP contribution is 2.43. The second-order valence-corrected chi connectivity index (χ2v) is 14.4. The van der Waals surface area contributed by atoms with Crippen molar-refractivity contribution in [2.24, 2.45) is 0 Å². The van der Waals surface area contributed by atoms with Gasteiger partial charge in [-0.15, -0.1) is 11.3 Å². The first kappa shape index (κ1) is 30.4. The van der Waals surface area contributed by atoms with Gasteiger partial charge in [0.25, 0.3) is 0 Å². The van der Waals surface area contributed by atoms with Crippen LogP contribution in [0.4, 0.5) is 17.1 Å². The number of rotatable bonds is 6. The lowest BCUT2D eigenvalue weighted by atomic mass is 9.93. The highest BCUT2D eigenvalue weighted by atomic mass is 32.1. The molecular weight excluding hydrogens is 647 g/mol. The van der Waals surface area contributed by atoms with E-state index >= 15 is 0 Å². The molecule has 10 rings (SSSR count). The summed E-state index contributed by atoms with van der Waals surface area (Å²) in [5.41, 5.74) is 10.7. The number of nitrogens with zero attached hydrogens (tertiary/aromatic N) is 1. The summed E-state index contributed by atoms with van der Waals surface area (Å²) < 4.78 is 2.62. The number of hydrogen-bond acceptors (Lipinski definition) is 2. The van der Waals surface area contributed by atoms with Crippen LogP contribution in [0, 0.1) is 0 Å². The van der Waals surface area contributed by atoms with Crippen LogP contribution in [0.3, 0.4) is 0 Å². The Morgan fingerprint density at radius 3 is 1.50 bits per heavy atom. The van der Waals surface area contributed by atoms with Gasteiger partial charge in [-0.25, -0.2) is 0 Å². The van der Waals surface area contributed by atoms with Crippen LogP contribution in [0.5, 0.6) is 0 Å². The van der Waals surface area contributed by atoms with Crippen molar-refractivity contribution in [2.75, 3.05) is 4.90 Å². The molecule has 0 bridgehead atoms. The Hall–Kier alpha value is -6.48. The molecule has 0 atom stereocenters. The predicted octanol–water partition coefficient (Wildman–Crippen LogP) is 14.8. The molecule has 10 aromatic rings. The van der Waals surface area contributed by atoms with E-state index in [0.717, 1.165) is 17.1 Å². The molecular formula is C50H33NS. The SMILES string of the molecule is c1ccc(-c2ccccc2-c2ccc(N(c3ccc(-c4cc5ccccc5c5ccccc45)cc3)c3ccc4sc5ccccc5c4c3)cc2)cc1. The molecule has 2 heteroatoms. The fourth-order valence-corrected chi connectivity index (χ4v) is 8.86. The molecule has 0 amide bonds. The van der Waals surface area contributed by atoms with Gasteiger partial charge in [-0.3, -0.25) is 0 Å². The highest BCUT2D eigenvalue weighted by molar-refractivity contribution is 7.25. The van der Waals surface area contributed by atoms with E-state index < -0.39 is 0 Å². The molecule has 0 aliphatic carbocycles. The van der Waals surface area contributed by atoms with Gasteiger partial charge in [0.1, 0.15) is 0 Å². The maximum Gasteiger partial charge on any atom is 0.0468 e. The van der Waals surface area contributed by atoms with E-state index in [1.54, 1.807) is 0 Å². The Balaban J connectivity index is 1.10. The zero-order valence-corrected chi connectivity index (χ0v) is 29.2. The van der Waals surface area contributed by atoms with E-state index in [4.69, 9.17) is 0 Å². The topological polar surface area (TPSA) is 3.24 Å². The quantitative estimate of drug-likeness (QED) is 0.158. The maximum atomic E-state index is 2.39. The number of thiophene rings is 1. The van der Waals surface area contributed by atoms with Crippen LogP contribution in [0.15, 0.2) is 200 Å². The van der Waals surface area contributed by atoms with Crippen LogP contribution in [-0.4, -0.2) is 0 Å². The third-order valence-electron chi connectivity index (χ3n) is 10.3. The maximum absolute atomic E-state index is 2.39. The molecule has 0 fully saturated rings. The Morgan fingerprint density at radius 1 is 0.288 bits per heavy atom. The number of anilines is 3. The molecule has 0 saturated heterocycles. The summed E-state index contributed by atoms with van der Waals surface area (Å²) in [6, 6.07) is 72.9. The van der Waals surface area contributed by atoms with Crippen LogP contribution in [0.2, 0.25) is 0 Å². The van der Waals surface area contributed by atoms with Crippen LogP contribution < -0.4 is 4.90 Å². The van der Waals surface area contributed by atoms with Gasteiger partial charge in [0, 0.05) is 37.2 Å². The van der Waals surface area contributed by atoms with E-state index in [0.29, 0.717) is 0 Å². The van der Waals surface area contributed by atoms with E-state index in [2.05, 4.69) is 205 Å². The molecule has 244 valence electrons. The first-order valence-corrected chi connectivity index (χ1v) is 18.6. The number of hydrogen-bond donors (Lipinski definition) is 0. The lowest BCUT2D eigenvalue weighted by Crippen LogP contribution is -2.09. The van der Waals surface area contributed by atoms with Crippen LogP contribution in [0.25, 0.3) is 75.1 Å². The molecule has 1 nitrogen and oxygen atoms in total. The van der Waals surface area contributed by atoms with Crippen molar-refractivity contribution in [1.82, 2.24) is 0 Å². The average Bonchev–Trinajstić information content (AvgIpc) is 3.60. The summed E-state index contributed by atoms with van der Waals surface area (Å²) in [5, 5.41) is 7.69. The normalized spacial score (nSPS) is 11.5. The van der Waals surface area contributed by atoms with Crippen molar-refractivity contribution in [3.8, 4) is 33.4 Å². The van der Waals surface area contributed by atoms with Gasteiger partial charge in [-0.2, -0.15) is 0 Å². The number of fused-ring (bicyclic) bond motifs is 6. The van der Waals surface area contributed by atoms with Gasteiger partial charge in [0.2, 0.25) is 0 Å². The molecule has 0 saturated carbocycles. The van der Waals surface area contributed by atoms with E-state index in [1.165, 1.54) is 75.1 Å². The highest BCUT2D eigenvalue weighted by Gasteiger charge is 2.17. The predicted molar refractivity (Wildman–Crippen MR) is 225 cm³/mol. The van der Waals surface area contributed by atoms with Crippen LogP contribution in [0.1, 0.15) is 0 Å². The van der Waals surface area contributed by atoms with Gasteiger partial charge < -0.3 is 4.90 Å². The van der Waals surface area contributed by atoms with Crippen molar-refractivity contribution in [3.63, 3.8) is 0 Å². The van der Waals surface area contributed by atoms with Gasteiger partial charge in [0.15, 0.2) is 0 Å². The summed E-state index contributed by atoms with van der Waals surface area (Å²) in [5.74, 6) is 0. The largest absolute Gasteiger partial charge is 0.310 e.